The molecule has 29 heavy (non-hydrogen) atoms. The number of piperidine rings is 1. The molecule has 2 aliphatic rings. The molecule has 0 aliphatic carbocycles. The minimum atomic E-state index is -0.322. The molecule has 148 valence electrons. The van der Waals surface area contributed by atoms with Crippen LogP contribution in [0, 0.1) is 5.82 Å². The number of hydrogen-bond donors (Lipinski definition) is 2. The minimum Gasteiger partial charge on any atom is -0.372 e. The third-order valence-electron chi connectivity index (χ3n) is 5.81. The predicted octanol–water partition coefficient (Wildman–Crippen LogP) is 5.22. The van der Waals surface area contributed by atoms with Gasteiger partial charge in [-0.05, 0) is 61.4 Å². The maximum atomic E-state index is 13.8. The second kappa shape index (κ2) is 6.81. The molecule has 0 saturated carbocycles. The van der Waals surface area contributed by atoms with Gasteiger partial charge in [0.25, 0.3) is 0 Å². The van der Waals surface area contributed by atoms with Gasteiger partial charge in [0.1, 0.15) is 5.82 Å². The Morgan fingerprint density at radius 1 is 1.10 bits per heavy atom. The Labute approximate surface area is 173 Å². The zero-order chi connectivity index (χ0) is 20.0. The van der Waals surface area contributed by atoms with Crippen molar-refractivity contribution in [3.63, 3.8) is 0 Å². The molecule has 0 atom stereocenters. The van der Waals surface area contributed by atoms with Gasteiger partial charge in [0.2, 0.25) is 0 Å². The number of anilines is 2. The summed E-state index contributed by atoms with van der Waals surface area (Å²) in [6, 6.07) is 15.9. The molecule has 0 unspecified atom stereocenters. The first-order valence-corrected chi connectivity index (χ1v) is 9.99. The number of likely N-dealkylation sites (tertiary alicyclic amines) is 1. The van der Waals surface area contributed by atoms with Crippen molar-refractivity contribution in [2.45, 2.75) is 18.4 Å². The monoisotopic (exact) mass is 410 g/mol. The molecule has 2 N–H and O–H groups in total. The lowest BCUT2D eigenvalue weighted by Crippen LogP contribution is -2.51. The number of benzene rings is 2. The minimum absolute atomic E-state index is 0.139. The molecule has 2 aliphatic heterocycles. The fraction of sp³-hybridized carbons (Fsp3) is 0.227. The van der Waals surface area contributed by atoms with Crippen LogP contribution >= 0.6 is 11.6 Å². The number of amides is 2. The first kappa shape index (κ1) is 18.1. The van der Waals surface area contributed by atoms with Crippen molar-refractivity contribution >= 4 is 29.0 Å². The number of halogens is 2. The van der Waals surface area contributed by atoms with Crippen molar-refractivity contribution in [3.8, 4) is 5.69 Å². The van der Waals surface area contributed by atoms with Crippen LogP contribution < -0.4 is 10.6 Å². The Morgan fingerprint density at radius 3 is 2.72 bits per heavy atom. The molecular formula is C22H20ClFN4O. The van der Waals surface area contributed by atoms with E-state index < -0.39 is 0 Å². The smallest absolute Gasteiger partial charge is 0.321 e. The summed E-state index contributed by atoms with van der Waals surface area (Å²) in [4.78, 5) is 14.5. The highest BCUT2D eigenvalue weighted by atomic mass is 35.5. The molecule has 5 nitrogen and oxygen atoms in total. The highest BCUT2D eigenvalue weighted by molar-refractivity contribution is 6.30. The van der Waals surface area contributed by atoms with Crippen LogP contribution in [-0.2, 0) is 5.54 Å². The van der Waals surface area contributed by atoms with Crippen LogP contribution in [0.15, 0.2) is 60.8 Å². The molecule has 1 aromatic heterocycles. The average molecular weight is 411 g/mol. The molecule has 1 saturated heterocycles. The van der Waals surface area contributed by atoms with Crippen LogP contribution in [-0.4, -0.2) is 28.6 Å². The molecule has 0 radical (unpaired) electrons. The van der Waals surface area contributed by atoms with Crippen LogP contribution in [0.2, 0.25) is 5.02 Å². The summed E-state index contributed by atoms with van der Waals surface area (Å²) in [7, 11) is 0. The standard InChI is InChI=1S/C22H20ClFN4O/c23-15-3-1-4-17(13-15)25-21(29)27-11-8-22(9-12-27)20-5-2-10-28(20)19-7-6-16(24)14-18(19)26-22/h1-7,10,13-14,26H,8-9,11-12H2,(H,25,29). The fourth-order valence-corrected chi connectivity index (χ4v) is 4.55. The Kier molecular flexibility index (Phi) is 4.24. The first-order valence-electron chi connectivity index (χ1n) is 9.62. The number of carbonyl (C=O) groups is 1. The van der Waals surface area contributed by atoms with Crippen molar-refractivity contribution in [3.05, 3.63) is 77.3 Å². The Balaban J connectivity index is 1.35. The maximum Gasteiger partial charge on any atom is 0.321 e. The highest BCUT2D eigenvalue weighted by Crippen LogP contribution is 2.43. The number of fused-ring (bicyclic) bond motifs is 4. The van der Waals surface area contributed by atoms with E-state index in [1.807, 2.05) is 23.2 Å². The van der Waals surface area contributed by atoms with Crippen molar-refractivity contribution in [2.24, 2.45) is 0 Å². The quantitative estimate of drug-likeness (QED) is 0.578. The normalized spacial score (nSPS) is 16.7. The average Bonchev–Trinajstić information content (AvgIpc) is 3.19. The second-order valence-corrected chi connectivity index (χ2v) is 8.00. The molecule has 7 heteroatoms. The van der Waals surface area contributed by atoms with Crippen LogP contribution in [0.3, 0.4) is 0 Å². The summed E-state index contributed by atoms with van der Waals surface area (Å²) in [5, 5.41) is 7.07. The van der Waals surface area contributed by atoms with E-state index in [-0.39, 0.29) is 17.4 Å². The van der Waals surface area contributed by atoms with Crippen molar-refractivity contribution in [2.75, 3.05) is 23.7 Å². The third kappa shape index (κ3) is 3.13. The second-order valence-electron chi connectivity index (χ2n) is 7.56. The molecule has 3 heterocycles. The van der Waals surface area contributed by atoms with Gasteiger partial charge in [-0.1, -0.05) is 17.7 Å². The molecule has 1 spiro atoms. The molecule has 5 rings (SSSR count). The molecule has 2 aromatic carbocycles. The number of nitrogens with one attached hydrogen (secondary N) is 2. The number of aromatic nitrogens is 1. The maximum absolute atomic E-state index is 13.8. The van der Waals surface area contributed by atoms with Gasteiger partial charge < -0.3 is 20.1 Å². The van der Waals surface area contributed by atoms with Gasteiger partial charge in [-0.3, -0.25) is 0 Å². The molecule has 2 amide bonds. The topological polar surface area (TPSA) is 49.3 Å². The predicted molar refractivity (Wildman–Crippen MR) is 112 cm³/mol. The van der Waals surface area contributed by atoms with E-state index in [0.29, 0.717) is 23.8 Å². The van der Waals surface area contributed by atoms with Crippen molar-refractivity contribution < 1.29 is 9.18 Å². The fourth-order valence-electron chi connectivity index (χ4n) is 4.36. The lowest BCUT2D eigenvalue weighted by molar-refractivity contribution is 0.174. The van der Waals surface area contributed by atoms with Gasteiger partial charge in [-0.25, -0.2) is 9.18 Å². The number of rotatable bonds is 1. The van der Waals surface area contributed by atoms with Crippen LogP contribution in [0.25, 0.3) is 5.69 Å². The van der Waals surface area contributed by atoms with E-state index in [2.05, 4.69) is 21.3 Å². The van der Waals surface area contributed by atoms with E-state index in [1.165, 1.54) is 12.1 Å². The largest absolute Gasteiger partial charge is 0.372 e. The molecule has 1 fully saturated rings. The van der Waals surface area contributed by atoms with E-state index in [1.54, 1.807) is 24.3 Å². The van der Waals surface area contributed by atoms with E-state index in [4.69, 9.17) is 11.6 Å². The van der Waals surface area contributed by atoms with Crippen LogP contribution in [0.4, 0.5) is 20.6 Å². The number of carbonyl (C=O) groups excluding carboxylic acids is 1. The Bertz CT molecular complexity index is 1090. The zero-order valence-corrected chi connectivity index (χ0v) is 16.4. The molecular weight excluding hydrogens is 391 g/mol. The van der Waals surface area contributed by atoms with Gasteiger partial charge in [-0.2, -0.15) is 0 Å². The van der Waals surface area contributed by atoms with Gasteiger partial charge >= 0.3 is 6.03 Å². The Morgan fingerprint density at radius 2 is 1.93 bits per heavy atom. The third-order valence-corrected chi connectivity index (χ3v) is 6.05. The molecule has 3 aromatic rings. The number of nitrogens with zero attached hydrogens (tertiary/aromatic N) is 2. The van der Waals surface area contributed by atoms with Crippen LogP contribution in [0.5, 0.6) is 0 Å². The Hall–Kier alpha value is -2.99. The van der Waals surface area contributed by atoms with Gasteiger partial charge in [-0.15, -0.1) is 0 Å². The van der Waals surface area contributed by atoms with E-state index >= 15 is 0 Å². The van der Waals surface area contributed by atoms with Crippen molar-refractivity contribution in [1.82, 2.24) is 9.47 Å². The van der Waals surface area contributed by atoms with Crippen LogP contribution in [0.1, 0.15) is 18.5 Å². The summed E-state index contributed by atoms with van der Waals surface area (Å²) in [6.07, 6.45) is 3.47. The number of hydrogen-bond acceptors (Lipinski definition) is 2. The highest BCUT2D eigenvalue weighted by Gasteiger charge is 2.42. The summed E-state index contributed by atoms with van der Waals surface area (Å²) in [5.41, 5.74) is 3.23. The zero-order valence-electron chi connectivity index (χ0n) is 15.7. The van der Waals surface area contributed by atoms with E-state index in [0.717, 1.165) is 29.9 Å². The lowest BCUT2D eigenvalue weighted by atomic mass is 9.82. The SMILES string of the molecule is O=C(Nc1cccc(Cl)c1)N1CCC2(CC1)Nc1cc(F)ccc1-n1cccc12. The molecule has 0 bridgehead atoms. The van der Waals surface area contributed by atoms with Gasteiger partial charge in [0, 0.05) is 35.7 Å². The van der Waals surface area contributed by atoms with Gasteiger partial charge in [0.05, 0.1) is 16.9 Å². The van der Waals surface area contributed by atoms with Gasteiger partial charge in [0.15, 0.2) is 0 Å². The van der Waals surface area contributed by atoms with Crippen molar-refractivity contribution in [1.29, 1.82) is 0 Å². The summed E-state index contributed by atoms with van der Waals surface area (Å²) < 4.78 is 16.0. The summed E-state index contributed by atoms with van der Waals surface area (Å²) in [5.74, 6) is -0.264. The van der Waals surface area contributed by atoms with E-state index in [9.17, 15) is 9.18 Å². The number of urea groups is 1. The summed E-state index contributed by atoms with van der Waals surface area (Å²) in [6.45, 7) is 1.18. The summed E-state index contributed by atoms with van der Waals surface area (Å²) >= 11 is 6.00. The lowest BCUT2D eigenvalue weighted by Gasteiger charge is -2.46. The first-order chi connectivity index (χ1) is 14.0.